The molecule has 2 N–H and O–H groups in total. The van der Waals surface area contributed by atoms with Crippen molar-refractivity contribution >= 4 is 11.5 Å². The fourth-order valence-electron chi connectivity index (χ4n) is 5.65. The summed E-state index contributed by atoms with van der Waals surface area (Å²) >= 11 is 0. The number of hydrogen-bond donors (Lipinski definition) is 2. The first kappa shape index (κ1) is 26.8. The van der Waals surface area contributed by atoms with Crippen LogP contribution in [0.25, 0.3) is 11.1 Å². The summed E-state index contributed by atoms with van der Waals surface area (Å²) in [5, 5.41) is 16.6. The maximum Gasteiger partial charge on any atom is 0.573 e. The van der Waals surface area contributed by atoms with Gasteiger partial charge in [-0.2, -0.15) is 5.26 Å². The molecule has 0 bridgehead atoms. The van der Waals surface area contributed by atoms with Gasteiger partial charge in [0.25, 0.3) is 0 Å². The number of nitrogens with one attached hydrogen (secondary N) is 2. The van der Waals surface area contributed by atoms with Crippen molar-refractivity contribution in [2.75, 3.05) is 23.3 Å². The van der Waals surface area contributed by atoms with E-state index in [1.165, 1.54) is 18.6 Å². The van der Waals surface area contributed by atoms with E-state index in [4.69, 9.17) is 5.26 Å². The van der Waals surface area contributed by atoms with Gasteiger partial charge in [-0.3, -0.25) is 0 Å². The molecule has 0 amide bonds. The smallest absolute Gasteiger partial charge is 0.406 e. The van der Waals surface area contributed by atoms with E-state index >= 15 is 0 Å². The third-order valence-corrected chi connectivity index (χ3v) is 7.49. The molecule has 1 aromatic heterocycles. The number of pyridine rings is 1. The molecule has 9 heteroatoms. The van der Waals surface area contributed by atoms with Crippen molar-refractivity contribution in [2.45, 2.75) is 63.0 Å². The quantitative estimate of drug-likeness (QED) is 0.360. The maximum atomic E-state index is 12.7. The Hall–Kier alpha value is -3.77. The fourth-order valence-corrected chi connectivity index (χ4v) is 5.65. The maximum absolute atomic E-state index is 12.7. The van der Waals surface area contributed by atoms with Crippen LogP contribution in [-0.4, -0.2) is 42.6 Å². The summed E-state index contributed by atoms with van der Waals surface area (Å²) in [7, 11) is 0. The predicted octanol–water partition coefficient (Wildman–Crippen LogP) is 6.50. The van der Waals surface area contributed by atoms with E-state index in [1.54, 1.807) is 24.4 Å². The minimum atomic E-state index is -4.73. The van der Waals surface area contributed by atoms with Crippen LogP contribution >= 0.6 is 0 Å². The summed E-state index contributed by atoms with van der Waals surface area (Å²) in [5.74, 6) is 0.460. The lowest BCUT2D eigenvalue weighted by Gasteiger charge is -2.40. The van der Waals surface area contributed by atoms with Gasteiger partial charge in [0.1, 0.15) is 11.6 Å². The summed E-state index contributed by atoms with van der Waals surface area (Å²) in [6.45, 7) is 1.92. The molecular weight excluding hydrogens is 503 g/mol. The van der Waals surface area contributed by atoms with Gasteiger partial charge >= 0.3 is 6.36 Å². The van der Waals surface area contributed by atoms with Crippen LogP contribution in [-0.2, 0) is 0 Å². The Morgan fingerprint density at radius 2 is 1.69 bits per heavy atom. The lowest BCUT2D eigenvalue weighted by atomic mass is 9.89. The van der Waals surface area contributed by atoms with Gasteiger partial charge in [-0.1, -0.05) is 25.0 Å². The second kappa shape index (κ2) is 12.0. The minimum Gasteiger partial charge on any atom is -0.406 e. The highest BCUT2D eigenvalue weighted by Gasteiger charge is 2.31. The molecule has 2 fully saturated rings. The van der Waals surface area contributed by atoms with Crippen LogP contribution in [0.5, 0.6) is 5.75 Å². The number of anilines is 2. The van der Waals surface area contributed by atoms with E-state index in [1.807, 2.05) is 30.3 Å². The first-order chi connectivity index (χ1) is 18.9. The van der Waals surface area contributed by atoms with Crippen molar-refractivity contribution < 1.29 is 17.9 Å². The van der Waals surface area contributed by atoms with E-state index in [-0.39, 0.29) is 11.8 Å². The molecule has 3 aromatic rings. The van der Waals surface area contributed by atoms with Crippen LogP contribution < -0.4 is 20.3 Å². The second-order valence-corrected chi connectivity index (χ2v) is 10.3. The molecule has 5 rings (SSSR count). The summed E-state index contributed by atoms with van der Waals surface area (Å²) in [5.41, 5.74) is 3.21. The molecule has 6 nitrogen and oxygen atoms in total. The first-order valence-electron chi connectivity index (χ1n) is 13.5. The standard InChI is InChI=1S/C30H32F3N5O/c31-30(32,33)39-26-7-3-5-22(17-26)23-14-15-35-29(18-23)37-28-9-2-1-8-27(28)36-24-6-4-16-38(20-24)25-12-10-21(19-34)11-13-25/h3,5,7,10-15,17-18,24,27-28,36H,1-2,4,6,8-9,16,20H2,(H,35,37)/t24-,27+,28+/m0/s1. The molecule has 204 valence electrons. The summed E-state index contributed by atoms with van der Waals surface area (Å²) < 4.78 is 42.1. The van der Waals surface area contributed by atoms with Crippen molar-refractivity contribution in [2.24, 2.45) is 0 Å². The largest absolute Gasteiger partial charge is 0.573 e. The molecule has 1 aliphatic carbocycles. The van der Waals surface area contributed by atoms with Gasteiger partial charge in [-0.15, -0.1) is 13.2 Å². The number of ether oxygens (including phenoxy) is 1. The van der Waals surface area contributed by atoms with Gasteiger partial charge in [0.15, 0.2) is 0 Å². The molecule has 1 aliphatic heterocycles. The van der Waals surface area contributed by atoms with Gasteiger partial charge in [0.2, 0.25) is 0 Å². The van der Waals surface area contributed by atoms with E-state index in [9.17, 15) is 13.2 Å². The second-order valence-electron chi connectivity index (χ2n) is 10.3. The Balaban J connectivity index is 1.24. The zero-order valence-electron chi connectivity index (χ0n) is 21.6. The molecule has 3 atom stereocenters. The monoisotopic (exact) mass is 535 g/mol. The van der Waals surface area contributed by atoms with E-state index in [2.05, 4.69) is 31.3 Å². The number of nitriles is 1. The van der Waals surface area contributed by atoms with Crippen LogP contribution in [0.4, 0.5) is 24.7 Å². The summed E-state index contributed by atoms with van der Waals surface area (Å²) in [4.78, 5) is 6.89. The van der Waals surface area contributed by atoms with Gasteiger partial charge in [0.05, 0.1) is 11.6 Å². The lowest BCUT2D eigenvalue weighted by molar-refractivity contribution is -0.274. The van der Waals surface area contributed by atoms with Crippen LogP contribution in [0.3, 0.4) is 0 Å². The average molecular weight is 536 g/mol. The van der Waals surface area contributed by atoms with Crippen LogP contribution in [0.15, 0.2) is 66.9 Å². The third-order valence-electron chi connectivity index (χ3n) is 7.49. The van der Waals surface area contributed by atoms with Crippen LogP contribution in [0.1, 0.15) is 44.1 Å². The van der Waals surface area contributed by atoms with Crippen molar-refractivity contribution in [1.29, 1.82) is 5.26 Å². The zero-order chi connectivity index (χ0) is 27.2. The number of piperidine rings is 1. The van der Waals surface area contributed by atoms with E-state index < -0.39 is 6.36 Å². The van der Waals surface area contributed by atoms with Crippen LogP contribution in [0, 0.1) is 11.3 Å². The molecule has 0 spiro atoms. The number of hydrogen-bond acceptors (Lipinski definition) is 6. The Morgan fingerprint density at radius 1 is 0.923 bits per heavy atom. The molecule has 1 saturated heterocycles. The Labute approximate surface area is 226 Å². The molecule has 2 aliphatic rings. The number of rotatable bonds is 7. The fraction of sp³-hybridized carbons (Fsp3) is 0.400. The number of halogens is 3. The highest BCUT2D eigenvalue weighted by atomic mass is 19.4. The number of aromatic nitrogens is 1. The van der Waals surface area contributed by atoms with Gasteiger partial charge in [0, 0.05) is 43.1 Å². The third kappa shape index (κ3) is 7.21. The Morgan fingerprint density at radius 3 is 2.46 bits per heavy atom. The lowest BCUT2D eigenvalue weighted by Crippen LogP contribution is -2.54. The number of nitrogens with zero attached hydrogens (tertiary/aromatic N) is 3. The molecule has 0 unspecified atom stereocenters. The number of benzene rings is 2. The Bertz CT molecular complexity index is 1290. The molecule has 2 heterocycles. The highest BCUT2D eigenvalue weighted by molar-refractivity contribution is 5.67. The summed E-state index contributed by atoms with van der Waals surface area (Å²) in [6.07, 6.45) is 3.55. The van der Waals surface area contributed by atoms with Crippen molar-refractivity contribution in [3.05, 3.63) is 72.4 Å². The minimum absolute atomic E-state index is 0.201. The van der Waals surface area contributed by atoms with Gasteiger partial charge < -0.3 is 20.3 Å². The zero-order valence-corrected chi connectivity index (χ0v) is 21.6. The highest BCUT2D eigenvalue weighted by Crippen LogP contribution is 2.30. The molecule has 39 heavy (non-hydrogen) atoms. The van der Waals surface area contributed by atoms with Crippen molar-refractivity contribution in [1.82, 2.24) is 10.3 Å². The molecule has 1 saturated carbocycles. The van der Waals surface area contributed by atoms with E-state index in [0.717, 1.165) is 56.4 Å². The Kier molecular flexibility index (Phi) is 8.22. The topological polar surface area (TPSA) is 73.2 Å². The first-order valence-corrected chi connectivity index (χ1v) is 13.5. The molecular formula is C30H32F3N5O. The molecule has 0 radical (unpaired) electrons. The van der Waals surface area contributed by atoms with Crippen molar-refractivity contribution in [3.63, 3.8) is 0 Å². The van der Waals surface area contributed by atoms with Crippen molar-refractivity contribution in [3.8, 4) is 22.9 Å². The normalized spacial score (nSPS) is 21.7. The van der Waals surface area contributed by atoms with Gasteiger partial charge in [-0.05, 0) is 85.3 Å². The van der Waals surface area contributed by atoms with Gasteiger partial charge in [-0.25, -0.2) is 4.98 Å². The van der Waals surface area contributed by atoms with E-state index in [0.29, 0.717) is 29.0 Å². The number of alkyl halides is 3. The van der Waals surface area contributed by atoms with Crippen LogP contribution in [0.2, 0.25) is 0 Å². The predicted molar refractivity (Wildman–Crippen MR) is 146 cm³/mol. The molecule has 2 aromatic carbocycles. The summed E-state index contributed by atoms with van der Waals surface area (Å²) in [6, 6.07) is 20.5. The SMILES string of the molecule is N#Cc1ccc(N2CCC[C@H](N[C@@H]3CCCC[C@H]3Nc3cc(-c4cccc(OC(F)(F)F)c4)ccn3)C2)cc1. The average Bonchev–Trinajstić information content (AvgIpc) is 2.94.